The molecule has 0 saturated carbocycles. The second kappa shape index (κ2) is 18.2. The van der Waals surface area contributed by atoms with Gasteiger partial charge < -0.3 is 29.3 Å². The third-order valence-corrected chi connectivity index (χ3v) is 6.75. The van der Waals surface area contributed by atoms with Gasteiger partial charge in [-0.25, -0.2) is 9.59 Å². The Bertz CT molecular complexity index is 1530. The third kappa shape index (κ3) is 10.6. The van der Waals surface area contributed by atoms with Gasteiger partial charge in [-0.2, -0.15) is 0 Å². The van der Waals surface area contributed by atoms with Crippen LogP contribution in [0.5, 0.6) is 0 Å². The summed E-state index contributed by atoms with van der Waals surface area (Å²) >= 11 is 6.31. The summed E-state index contributed by atoms with van der Waals surface area (Å²) in [4.78, 5) is 55.5. The number of amides is 3. The SMILES string of the molecule is CC.CCOC(=O)N(CCCOC)c1c(C(=O)c2ccc(NC)c(NC(=O)CN(CC)C(=O)OC(C)(C)C)c2)oc2ccc(Cl)cc12. The number of benzene rings is 2. The van der Waals surface area contributed by atoms with Crippen LogP contribution >= 0.6 is 11.6 Å². The zero-order valence-electron chi connectivity index (χ0n) is 28.7. The van der Waals surface area contributed by atoms with Crippen molar-refractivity contribution < 1.29 is 37.8 Å². The summed E-state index contributed by atoms with van der Waals surface area (Å²) in [6, 6.07) is 9.57. The smallest absolute Gasteiger partial charge is 0.414 e. The summed E-state index contributed by atoms with van der Waals surface area (Å²) in [6.07, 6.45) is -0.817. The number of ether oxygens (including phenoxy) is 3. The van der Waals surface area contributed by atoms with Gasteiger partial charge in [0.1, 0.15) is 23.4 Å². The van der Waals surface area contributed by atoms with Crippen molar-refractivity contribution in [2.75, 3.05) is 62.5 Å². The van der Waals surface area contributed by atoms with E-state index in [9.17, 15) is 19.2 Å². The molecule has 0 bridgehead atoms. The van der Waals surface area contributed by atoms with Gasteiger partial charge in [0.15, 0.2) is 5.76 Å². The molecule has 0 aliphatic rings. The summed E-state index contributed by atoms with van der Waals surface area (Å²) in [7, 11) is 3.23. The number of halogens is 1. The number of nitrogens with one attached hydrogen (secondary N) is 2. The van der Waals surface area contributed by atoms with E-state index in [2.05, 4.69) is 10.6 Å². The monoisotopic (exact) mass is 674 g/mol. The van der Waals surface area contributed by atoms with Crippen molar-refractivity contribution >= 4 is 63.5 Å². The first kappa shape index (κ1) is 38.9. The molecule has 0 aliphatic carbocycles. The van der Waals surface area contributed by atoms with E-state index < -0.39 is 29.5 Å². The average molecular weight is 675 g/mol. The number of rotatable bonds is 13. The average Bonchev–Trinajstić information content (AvgIpc) is 3.39. The molecule has 3 aromatic rings. The molecule has 3 amide bonds. The van der Waals surface area contributed by atoms with Gasteiger partial charge in [-0.1, -0.05) is 25.4 Å². The number of likely N-dealkylation sites (N-methyl/N-ethyl adjacent to an activating group) is 1. The van der Waals surface area contributed by atoms with E-state index in [1.807, 2.05) is 13.8 Å². The fourth-order valence-corrected chi connectivity index (χ4v) is 4.65. The predicted molar refractivity (Wildman–Crippen MR) is 185 cm³/mol. The van der Waals surface area contributed by atoms with Crippen molar-refractivity contribution in [1.29, 1.82) is 0 Å². The fraction of sp³-hybridized carbons (Fsp3) is 0.471. The van der Waals surface area contributed by atoms with Crippen LogP contribution < -0.4 is 15.5 Å². The zero-order valence-corrected chi connectivity index (χ0v) is 29.5. The quantitative estimate of drug-likeness (QED) is 0.139. The minimum atomic E-state index is -0.720. The van der Waals surface area contributed by atoms with Crippen molar-refractivity contribution in [3.8, 4) is 0 Å². The molecule has 2 aromatic carbocycles. The fourth-order valence-electron chi connectivity index (χ4n) is 4.47. The van der Waals surface area contributed by atoms with E-state index in [1.165, 1.54) is 15.9 Å². The molecule has 13 heteroatoms. The number of nitrogens with zero attached hydrogens (tertiary/aromatic N) is 2. The summed E-state index contributed by atoms with van der Waals surface area (Å²) in [6.45, 7) is 13.3. The minimum Gasteiger partial charge on any atom is -0.450 e. The number of ketones is 1. The Morgan fingerprint density at radius 1 is 0.979 bits per heavy atom. The maximum Gasteiger partial charge on any atom is 0.414 e. The van der Waals surface area contributed by atoms with Crippen molar-refractivity contribution in [1.82, 2.24) is 4.90 Å². The highest BCUT2D eigenvalue weighted by Gasteiger charge is 2.31. The third-order valence-electron chi connectivity index (χ3n) is 6.51. The molecule has 0 aliphatic heterocycles. The molecular weight excluding hydrogens is 628 g/mol. The van der Waals surface area contributed by atoms with Gasteiger partial charge in [0.05, 0.1) is 18.0 Å². The van der Waals surface area contributed by atoms with Crippen LogP contribution in [0.2, 0.25) is 5.02 Å². The Morgan fingerprint density at radius 2 is 1.68 bits per heavy atom. The van der Waals surface area contributed by atoms with E-state index in [-0.39, 0.29) is 43.3 Å². The van der Waals surface area contributed by atoms with Crippen LogP contribution in [0, 0.1) is 0 Å². The molecule has 0 spiro atoms. The molecule has 0 radical (unpaired) electrons. The topological polar surface area (TPSA) is 140 Å². The van der Waals surface area contributed by atoms with Gasteiger partial charge in [-0.3, -0.25) is 19.4 Å². The van der Waals surface area contributed by atoms with Crippen molar-refractivity contribution in [2.24, 2.45) is 0 Å². The highest BCUT2D eigenvalue weighted by molar-refractivity contribution is 6.31. The molecule has 1 heterocycles. The van der Waals surface area contributed by atoms with Crippen LogP contribution in [0.3, 0.4) is 0 Å². The number of furan rings is 1. The molecule has 0 unspecified atom stereocenters. The molecule has 0 fully saturated rings. The van der Waals surface area contributed by atoms with Crippen LogP contribution in [-0.2, 0) is 19.0 Å². The van der Waals surface area contributed by atoms with E-state index in [1.54, 1.807) is 79.1 Å². The highest BCUT2D eigenvalue weighted by Crippen LogP contribution is 2.38. The number of anilines is 3. The first-order valence-corrected chi connectivity index (χ1v) is 16.0. The first-order valence-electron chi connectivity index (χ1n) is 15.6. The van der Waals surface area contributed by atoms with E-state index in [0.717, 1.165) is 0 Å². The number of carbonyl (C=O) groups excluding carboxylic acids is 4. The Balaban J connectivity index is 0.00000376. The normalized spacial score (nSPS) is 10.9. The van der Waals surface area contributed by atoms with Gasteiger partial charge in [-0.15, -0.1) is 0 Å². The molecule has 1 aromatic heterocycles. The molecule has 12 nitrogen and oxygen atoms in total. The van der Waals surface area contributed by atoms with Crippen LogP contribution in [0.15, 0.2) is 40.8 Å². The summed E-state index contributed by atoms with van der Waals surface area (Å²) in [5.74, 6) is -1.13. The number of fused-ring (bicyclic) bond motifs is 1. The Hall–Kier alpha value is -4.29. The zero-order chi connectivity index (χ0) is 35.3. The van der Waals surface area contributed by atoms with E-state index >= 15 is 0 Å². The van der Waals surface area contributed by atoms with Gasteiger partial charge in [0, 0.05) is 49.8 Å². The lowest BCUT2D eigenvalue weighted by molar-refractivity contribution is -0.117. The van der Waals surface area contributed by atoms with Gasteiger partial charge in [0.2, 0.25) is 11.7 Å². The van der Waals surface area contributed by atoms with E-state index in [0.29, 0.717) is 40.4 Å². The van der Waals surface area contributed by atoms with Crippen LogP contribution in [0.1, 0.15) is 71.0 Å². The molecule has 0 atom stereocenters. The second-order valence-corrected chi connectivity index (χ2v) is 11.4. The molecule has 258 valence electrons. The molecule has 47 heavy (non-hydrogen) atoms. The standard InChI is InChI=1S/C32H41ClN4O8.C2H6/c1-8-36(30(40)45-32(3,4)5)19-26(38)35-24-17-20(11-13-23(24)34-6)28(39)29-27(22-18-21(33)12-14-25(22)44-29)37(15-10-16-42-7)31(41)43-9-2;1-2/h11-14,17-18,34H,8-10,15-16,19H2,1-7H3,(H,35,38);1-2H3. The van der Waals surface area contributed by atoms with Crippen molar-refractivity contribution in [2.45, 2.75) is 60.5 Å². The minimum absolute atomic E-state index is 0.102. The molecule has 2 N–H and O–H groups in total. The maximum atomic E-state index is 14.1. The van der Waals surface area contributed by atoms with Crippen molar-refractivity contribution in [3.05, 3.63) is 52.7 Å². The van der Waals surface area contributed by atoms with Crippen LogP contribution in [0.25, 0.3) is 11.0 Å². The summed E-state index contributed by atoms with van der Waals surface area (Å²) in [5, 5.41) is 6.62. The lowest BCUT2D eigenvalue weighted by Crippen LogP contribution is -2.41. The predicted octanol–water partition coefficient (Wildman–Crippen LogP) is 7.58. The highest BCUT2D eigenvalue weighted by atomic mass is 35.5. The van der Waals surface area contributed by atoms with Gasteiger partial charge in [-0.05, 0) is 77.4 Å². The molecule has 3 rings (SSSR count). The maximum absolute atomic E-state index is 14.1. The van der Waals surface area contributed by atoms with Crippen LogP contribution in [0.4, 0.5) is 26.7 Å². The Kier molecular flexibility index (Phi) is 15.0. The number of methoxy groups -OCH3 is 1. The largest absolute Gasteiger partial charge is 0.450 e. The van der Waals surface area contributed by atoms with Crippen LogP contribution in [-0.4, -0.2) is 81.4 Å². The number of hydrogen-bond donors (Lipinski definition) is 2. The number of hydrogen-bond acceptors (Lipinski definition) is 9. The molecule has 0 saturated heterocycles. The van der Waals surface area contributed by atoms with E-state index in [4.69, 9.17) is 30.2 Å². The van der Waals surface area contributed by atoms with Gasteiger partial charge >= 0.3 is 12.2 Å². The second-order valence-electron chi connectivity index (χ2n) is 11.0. The Labute approximate surface area is 281 Å². The summed E-state index contributed by atoms with van der Waals surface area (Å²) < 4.78 is 21.9. The first-order chi connectivity index (χ1) is 22.3. The number of carbonyl (C=O) groups is 4. The lowest BCUT2D eigenvalue weighted by atomic mass is 10.0. The lowest BCUT2D eigenvalue weighted by Gasteiger charge is -2.26. The summed E-state index contributed by atoms with van der Waals surface area (Å²) in [5.41, 5.74) is 0.854. The van der Waals surface area contributed by atoms with Gasteiger partial charge in [0.25, 0.3) is 0 Å². The Morgan fingerprint density at radius 3 is 2.28 bits per heavy atom. The van der Waals surface area contributed by atoms with Crippen molar-refractivity contribution in [3.63, 3.8) is 0 Å². The molecular formula is C34H47ClN4O8.